The fourth-order valence-electron chi connectivity index (χ4n) is 1.76. The van der Waals surface area contributed by atoms with Crippen molar-refractivity contribution in [2.75, 3.05) is 0 Å². The molecule has 0 atom stereocenters. The van der Waals surface area contributed by atoms with Gasteiger partial charge < -0.3 is 14.6 Å². The number of ketones is 1. The van der Waals surface area contributed by atoms with Gasteiger partial charge in [-0.3, -0.25) is 4.79 Å². The fraction of sp³-hybridized carbons (Fsp3) is 0.0667. The van der Waals surface area contributed by atoms with E-state index in [1.54, 1.807) is 0 Å². The Morgan fingerprint density at radius 2 is 1.80 bits per heavy atom. The van der Waals surface area contributed by atoms with Gasteiger partial charge in [-0.25, -0.2) is 4.79 Å². The molecule has 0 aliphatic rings. The predicted octanol–water partition coefficient (Wildman–Crippen LogP) is 2.58. The van der Waals surface area contributed by atoms with E-state index >= 15 is 0 Å². The van der Waals surface area contributed by atoms with Crippen LogP contribution in [0.2, 0.25) is 0 Å². The molecule has 1 heterocycles. The maximum atomic E-state index is 11.9. The van der Waals surface area contributed by atoms with Crippen LogP contribution < -0.4 is 0 Å². The van der Waals surface area contributed by atoms with Gasteiger partial charge in [0.25, 0.3) is 0 Å². The summed E-state index contributed by atoms with van der Waals surface area (Å²) in [5, 5.41) is 17.6. The number of furan rings is 1. The Hall–Kier alpha value is -2.82. The number of hydrogen-bond acceptors (Lipinski definition) is 4. The van der Waals surface area contributed by atoms with Gasteiger partial charge in [0, 0.05) is 18.1 Å². The third-order valence-electron chi connectivity index (χ3n) is 2.73. The molecular formula is C15H12O5. The first-order chi connectivity index (χ1) is 9.58. The lowest BCUT2D eigenvalue weighted by Gasteiger charge is -2.00. The summed E-state index contributed by atoms with van der Waals surface area (Å²) in [7, 11) is 0. The van der Waals surface area contributed by atoms with Crippen LogP contribution in [0.5, 0.6) is 0 Å². The highest BCUT2D eigenvalue weighted by Gasteiger charge is 2.15. The minimum absolute atomic E-state index is 0.238. The Bertz CT molecular complexity index is 652. The molecule has 0 saturated carbocycles. The minimum Gasteiger partial charge on any atom is -0.502 e. The van der Waals surface area contributed by atoms with Crippen molar-refractivity contribution in [3.05, 3.63) is 71.4 Å². The van der Waals surface area contributed by atoms with E-state index in [4.69, 9.17) is 14.6 Å². The summed E-state index contributed by atoms with van der Waals surface area (Å²) in [5.74, 6) is -3.15. The van der Waals surface area contributed by atoms with Crippen molar-refractivity contribution in [1.82, 2.24) is 0 Å². The summed E-state index contributed by atoms with van der Waals surface area (Å²) in [4.78, 5) is 22.4. The molecule has 0 fully saturated rings. The van der Waals surface area contributed by atoms with Crippen LogP contribution in [-0.2, 0) is 11.2 Å². The lowest BCUT2D eigenvalue weighted by molar-refractivity contribution is -0.135. The summed E-state index contributed by atoms with van der Waals surface area (Å²) >= 11 is 0. The lowest BCUT2D eigenvalue weighted by Crippen LogP contribution is -2.05. The zero-order valence-corrected chi connectivity index (χ0v) is 10.4. The summed E-state index contributed by atoms with van der Waals surface area (Å²) in [6, 6.07) is 9.47. The molecular weight excluding hydrogens is 260 g/mol. The van der Waals surface area contributed by atoms with Gasteiger partial charge in [0.2, 0.25) is 5.76 Å². The van der Waals surface area contributed by atoms with E-state index in [9.17, 15) is 9.59 Å². The lowest BCUT2D eigenvalue weighted by atomic mass is 10.0. The monoisotopic (exact) mass is 272 g/mol. The number of carbonyl (C=O) groups excluding carboxylic acids is 1. The van der Waals surface area contributed by atoms with E-state index in [1.807, 2.05) is 30.3 Å². The Balaban J connectivity index is 2.23. The topological polar surface area (TPSA) is 87.7 Å². The van der Waals surface area contributed by atoms with E-state index < -0.39 is 17.5 Å². The molecule has 1 aromatic heterocycles. The van der Waals surface area contributed by atoms with E-state index in [1.165, 1.54) is 12.5 Å². The molecule has 0 aliphatic carbocycles. The molecule has 5 nitrogen and oxygen atoms in total. The summed E-state index contributed by atoms with van der Waals surface area (Å²) in [6.45, 7) is 0. The maximum Gasteiger partial charge on any atom is 0.371 e. The number of benzene rings is 1. The van der Waals surface area contributed by atoms with Gasteiger partial charge in [-0.1, -0.05) is 30.3 Å². The zero-order valence-electron chi connectivity index (χ0n) is 10.4. The SMILES string of the molecule is O=C(O)/C(O)=C/C(=O)c1cocc1Cc1ccccc1. The molecule has 20 heavy (non-hydrogen) atoms. The largest absolute Gasteiger partial charge is 0.502 e. The second-order valence-corrected chi connectivity index (χ2v) is 4.17. The highest BCUT2D eigenvalue weighted by Crippen LogP contribution is 2.17. The van der Waals surface area contributed by atoms with Crippen molar-refractivity contribution < 1.29 is 24.2 Å². The van der Waals surface area contributed by atoms with Gasteiger partial charge in [0.15, 0.2) is 5.78 Å². The Labute approximate surface area is 114 Å². The number of aliphatic hydroxyl groups is 1. The van der Waals surface area contributed by atoms with Crippen molar-refractivity contribution >= 4 is 11.8 Å². The van der Waals surface area contributed by atoms with Crippen LogP contribution in [-0.4, -0.2) is 22.0 Å². The van der Waals surface area contributed by atoms with E-state index in [-0.39, 0.29) is 5.56 Å². The Kier molecular flexibility index (Phi) is 4.00. The molecule has 0 spiro atoms. The summed E-state index contributed by atoms with van der Waals surface area (Å²) < 4.78 is 5.00. The second-order valence-electron chi connectivity index (χ2n) is 4.17. The summed E-state index contributed by atoms with van der Waals surface area (Å²) in [5.41, 5.74) is 1.87. The zero-order chi connectivity index (χ0) is 14.5. The molecule has 0 radical (unpaired) electrons. The second kappa shape index (κ2) is 5.88. The first-order valence-electron chi connectivity index (χ1n) is 5.85. The number of carboxylic acids is 1. The van der Waals surface area contributed by atoms with Crippen LogP contribution in [0, 0.1) is 0 Å². The number of hydrogen-bond donors (Lipinski definition) is 2. The van der Waals surface area contributed by atoms with Gasteiger partial charge >= 0.3 is 5.97 Å². The minimum atomic E-state index is -1.55. The number of aliphatic carboxylic acids is 1. The molecule has 0 aliphatic heterocycles. The molecule has 2 aromatic rings. The molecule has 0 bridgehead atoms. The summed E-state index contributed by atoms with van der Waals surface area (Å²) in [6.07, 6.45) is 3.83. The molecule has 1 aromatic carbocycles. The molecule has 102 valence electrons. The van der Waals surface area contributed by atoms with Gasteiger partial charge in [-0.2, -0.15) is 0 Å². The van der Waals surface area contributed by atoms with Crippen LogP contribution in [0.25, 0.3) is 0 Å². The van der Waals surface area contributed by atoms with Crippen LogP contribution in [0.4, 0.5) is 0 Å². The third-order valence-corrected chi connectivity index (χ3v) is 2.73. The normalized spacial score (nSPS) is 11.3. The molecule has 0 amide bonds. The number of allylic oxidation sites excluding steroid dienone is 1. The average Bonchev–Trinajstić information content (AvgIpc) is 2.88. The van der Waals surface area contributed by atoms with Crippen LogP contribution >= 0.6 is 0 Å². The first kappa shape index (κ1) is 13.6. The third kappa shape index (κ3) is 3.14. The predicted molar refractivity (Wildman–Crippen MR) is 70.6 cm³/mol. The molecule has 0 saturated heterocycles. The van der Waals surface area contributed by atoms with Crippen LogP contribution in [0.3, 0.4) is 0 Å². The fourth-order valence-corrected chi connectivity index (χ4v) is 1.76. The molecule has 2 rings (SSSR count). The average molecular weight is 272 g/mol. The Morgan fingerprint density at radius 1 is 1.10 bits per heavy atom. The maximum absolute atomic E-state index is 11.9. The smallest absolute Gasteiger partial charge is 0.371 e. The Morgan fingerprint density at radius 3 is 2.45 bits per heavy atom. The highest BCUT2D eigenvalue weighted by molar-refractivity contribution is 6.08. The standard InChI is InChI=1S/C15H12O5/c16-13(7-14(17)15(18)19)12-9-20-8-11(12)6-10-4-2-1-3-5-10/h1-5,7-9,17H,6H2,(H,18,19)/b14-7-. The van der Waals surface area contributed by atoms with Gasteiger partial charge in [0.05, 0.1) is 11.8 Å². The van der Waals surface area contributed by atoms with Crippen molar-refractivity contribution in [1.29, 1.82) is 0 Å². The van der Waals surface area contributed by atoms with E-state index in [0.29, 0.717) is 18.1 Å². The number of carboxylic acid groups (broad SMARTS) is 1. The molecule has 2 N–H and O–H groups in total. The first-order valence-corrected chi connectivity index (χ1v) is 5.85. The van der Waals surface area contributed by atoms with Gasteiger partial charge in [-0.05, 0) is 5.56 Å². The van der Waals surface area contributed by atoms with Crippen molar-refractivity contribution in [3.63, 3.8) is 0 Å². The van der Waals surface area contributed by atoms with E-state index in [0.717, 1.165) is 5.56 Å². The highest BCUT2D eigenvalue weighted by atomic mass is 16.4. The van der Waals surface area contributed by atoms with Gasteiger partial charge in [-0.15, -0.1) is 0 Å². The van der Waals surface area contributed by atoms with Crippen LogP contribution in [0.1, 0.15) is 21.5 Å². The van der Waals surface area contributed by atoms with Crippen LogP contribution in [0.15, 0.2) is 59.1 Å². The van der Waals surface area contributed by atoms with Gasteiger partial charge in [0.1, 0.15) is 6.26 Å². The van der Waals surface area contributed by atoms with Crippen molar-refractivity contribution in [2.24, 2.45) is 0 Å². The van der Waals surface area contributed by atoms with E-state index in [2.05, 4.69) is 0 Å². The number of rotatable bonds is 5. The quantitative estimate of drug-likeness (QED) is 0.496. The number of carbonyl (C=O) groups is 2. The number of aliphatic hydroxyl groups excluding tert-OH is 1. The molecule has 0 unspecified atom stereocenters. The van der Waals surface area contributed by atoms with Crippen molar-refractivity contribution in [3.8, 4) is 0 Å². The van der Waals surface area contributed by atoms with Crippen molar-refractivity contribution in [2.45, 2.75) is 6.42 Å². The molecule has 5 heteroatoms.